The predicted octanol–water partition coefficient (Wildman–Crippen LogP) is 0.733. The van der Waals surface area contributed by atoms with Crippen LogP contribution in [-0.2, 0) is 14.3 Å². The van der Waals surface area contributed by atoms with Gasteiger partial charge in [-0.25, -0.2) is 0 Å². The quantitative estimate of drug-likeness (QED) is 0.712. The zero-order chi connectivity index (χ0) is 12.0. The lowest BCUT2D eigenvalue weighted by atomic mass is 10.2. The molecular formula is C10H19NO4. The normalized spacial score (nSPS) is 12.6. The minimum absolute atomic E-state index is 0.142. The van der Waals surface area contributed by atoms with E-state index < -0.39 is 12.1 Å². The smallest absolute Gasteiger partial charge is 0.323 e. The van der Waals surface area contributed by atoms with Gasteiger partial charge in [0.05, 0.1) is 0 Å². The van der Waals surface area contributed by atoms with Crippen LogP contribution in [0.25, 0.3) is 0 Å². The van der Waals surface area contributed by atoms with Crippen LogP contribution in [-0.4, -0.2) is 47.2 Å². The van der Waals surface area contributed by atoms with Gasteiger partial charge in [0.25, 0.3) is 5.91 Å². The molecule has 88 valence electrons. The van der Waals surface area contributed by atoms with E-state index in [0.29, 0.717) is 6.61 Å². The Hall–Kier alpha value is -1.10. The molecule has 0 bridgehead atoms. The molecule has 0 saturated heterocycles. The summed E-state index contributed by atoms with van der Waals surface area (Å²) in [7, 11) is 0. The highest BCUT2D eigenvalue weighted by Crippen LogP contribution is 2.04. The molecule has 0 rings (SSSR count). The second kappa shape index (κ2) is 6.40. The van der Waals surface area contributed by atoms with Crippen LogP contribution in [0.2, 0.25) is 0 Å². The summed E-state index contributed by atoms with van der Waals surface area (Å²) in [4.78, 5) is 23.6. The van der Waals surface area contributed by atoms with Gasteiger partial charge in [0.1, 0.15) is 12.6 Å². The summed E-state index contributed by atoms with van der Waals surface area (Å²) in [5.41, 5.74) is 0. The number of ether oxygens (including phenoxy) is 1. The minimum Gasteiger partial charge on any atom is -0.480 e. The molecule has 0 aromatic carbocycles. The predicted molar refractivity (Wildman–Crippen MR) is 55.6 cm³/mol. The van der Waals surface area contributed by atoms with E-state index in [-0.39, 0.29) is 18.5 Å². The van der Waals surface area contributed by atoms with Crippen molar-refractivity contribution in [2.24, 2.45) is 0 Å². The van der Waals surface area contributed by atoms with Crippen molar-refractivity contribution in [1.29, 1.82) is 0 Å². The molecule has 1 atom stereocenters. The summed E-state index contributed by atoms with van der Waals surface area (Å²) < 4.78 is 5.13. The largest absolute Gasteiger partial charge is 0.480 e. The Morgan fingerprint density at radius 2 is 1.87 bits per heavy atom. The van der Waals surface area contributed by atoms with Crippen molar-refractivity contribution < 1.29 is 19.4 Å². The van der Waals surface area contributed by atoms with Gasteiger partial charge in [-0.3, -0.25) is 9.59 Å². The summed E-state index contributed by atoms with van der Waals surface area (Å²) in [6.07, 6.45) is -0.586. The maximum absolute atomic E-state index is 11.7. The van der Waals surface area contributed by atoms with Crippen molar-refractivity contribution >= 4 is 11.9 Å². The monoisotopic (exact) mass is 217 g/mol. The maximum atomic E-state index is 11.7. The van der Waals surface area contributed by atoms with Crippen molar-refractivity contribution in [3.63, 3.8) is 0 Å². The number of aliphatic carboxylic acids is 1. The molecule has 0 aliphatic rings. The average Bonchev–Trinajstić information content (AvgIpc) is 2.12. The van der Waals surface area contributed by atoms with Crippen LogP contribution < -0.4 is 0 Å². The van der Waals surface area contributed by atoms with Crippen molar-refractivity contribution in [3.05, 3.63) is 0 Å². The van der Waals surface area contributed by atoms with E-state index in [1.165, 1.54) is 4.90 Å². The van der Waals surface area contributed by atoms with Gasteiger partial charge in [-0.05, 0) is 27.7 Å². The first-order valence-corrected chi connectivity index (χ1v) is 5.04. The Morgan fingerprint density at radius 3 is 2.20 bits per heavy atom. The molecule has 5 heteroatoms. The fraction of sp³-hybridized carbons (Fsp3) is 0.800. The first kappa shape index (κ1) is 13.9. The lowest BCUT2D eigenvalue weighted by Crippen LogP contribution is -2.45. The summed E-state index contributed by atoms with van der Waals surface area (Å²) in [5, 5.41) is 8.66. The van der Waals surface area contributed by atoms with Gasteiger partial charge in [0.15, 0.2) is 0 Å². The van der Waals surface area contributed by atoms with E-state index >= 15 is 0 Å². The molecule has 0 spiro atoms. The lowest BCUT2D eigenvalue weighted by Gasteiger charge is -2.27. The molecule has 0 aliphatic heterocycles. The van der Waals surface area contributed by atoms with Crippen LogP contribution in [0.4, 0.5) is 0 Å². The molecule has 1 N–H and O–H groups in total. The van der Waals surface area contributed by atoms with Crippen LogP contribution in [0.3, 0.4) is 0 Å². The number of amides is 1. The maximum Gasteiger partial charge on any atom is 0.323 e. The standard InChI is InChI=1S/C10H19NO4/c1-5-15-8(4)10(14)11(7(2)3)6-9(12)13/h7-8H,5-6H2,1-4H3,(H,12,13). The van der Waals surface area contributed by atoms with Crippen LogP contribution in [0.1, 0.15) is 27.7 Å². The molecule has 0 aliphatic carbocycles. The first-order chi connectivity index (χ1) is 6.90. The zero-order valence-corrected chi connectivity index (χ0v) is 9.69. The van der Waals surface area contributed by atoms with E-state index in [1.807, 2.05) is 0 Å². The minimum atomic E-state index is -1.01. The topological polar surface area (TPSA) is 66.8 Å². The van der Waals surface area contributed by atoms with E-state index in [0.717, 1.165) is 0 Å². The van der Waals surface area contributed by atoms with Gasteiger partial charge >= 0.3 is 5.97 Å². The van der Waals surface area contributed by atoms with Crippen molar-refractivity contribution in [3.8, 4) is 0 Å². The molecule has 0 heterocycles. The zero-order valence-electron chi connectivity index (χ0n) is 9.69. The number of carbonyl (C=O) groups excluding carboxylic acids is 1. The third-order valence-corrected chi connectivity index (χ3v) is 1.98. The molecule has 5 nitrogen and oxygen atoms in total. The molecular weight excluding hydrogens is 198 g/mol. The third kappa shape index (κ3) is 4.78. The van der Waals surface area contributed by atoms with E-state index in [4.69, 9.17) is 9.84 Å². The SMILES string of the molecule is CCOC(C)C(=O)N(CC(=O)O)C(C)C. The fourth-order valence-electron chi connectivity index (χ4n) is 1.22. The average molecular weight is 217 g/mol. The lowest BCUT2D eigenvalue weighted by molar-refractivity contribution is -0.151. The van der Waals surface area contributed by atoms with Crippen molar-refractivity contribution in [1.82, 2.24) is 4.90 Å². The number of hydrogen-bond donors (Lipinski definition) is 1. The summed E-state index contributed by atoms with van der Waals surface area (Å²) in [6.45, 7) is 7.13. The molecule has 1 amide bonds. The van der Waals surface area contributed by atoms with E-state index in [2.05, 4.69) is 0 Å². The summed E-state index contributed by atoms with van der Waals surface area (Å²) in [6, 6.07) is -0.142. The van der Waals surface area contributed by atoms with Crippen LogP contribution in [0.5, 0.6) is 0 Å². The Bertz CT molecular complexity index is 227. The Morgan fingerprint density at radius 1 is 1.33 bits per heavy atom. The van der Waals surface area contributed by atoms with Crippen molar-refractivity contribution in [2.75, 3.05) is 13.2 Å². The van der Waals surface area contributed by atoms with Crippen LogP contribution in [0.15, 0.2) is 0 Å². The number of nitrogens with zero attached hydrogens (tertiary/aromatic N) is 1. The number of hydrogen-bond acceptors (Lipinski definition) is 3. The number of rotatable bonds is 6. The summed E-state index contributed by atoms with van der Waals surface area (Å²) in [5.74, 6) is -1.30. The number of carbonyl (C=O) groups is 2. The molecule has 0 saturated carbocycles. The molecule has 0 fully saturated rings. The van der Waals surface area contributed by atoms with Gasteiger partial charge in [0.2, 0.25) is 0 Å². The van der Waals surface area contributed by atoms with Crippen LogP contribution in [0, 0.1) is 0 Å². The van der Waals surface area contributed by atoms with Crippen molar-refractivity contribution in [2.45, 2.75) is 39.8 Å². The molecule has 0 radical (unpaired) electrons. The Labute approximate surface area is 90.0 Å². The Balaban J connectivity index is 4.47. The summed E-state index contributed by atoms with van der Waals surface area (Å²) >= 11 is 0. The molecule has 1 unspecified atom stereocenters. The van der Waals surface area contributed by atoms with Crippen LogP contribution >= 0.6 is 0 Å². The van der Waals surface area contributed by atoms with E-state index in [1.54, 1.807) is 27.7 Å². The second-order valence-electron chi connectivity index (χ2n) is 3.55. The highest BCUT2D eigenvalue weighted by Gasteiger charge is 2.24. The molecule has 0 aromatic heterocycles. The van der Waals surface area contributed by atoms with E-state index in [9.17, 15) is 9.59 Å². The highest BCUT2D eigenvalue weighted by molar-refractivity contribution is 5.84. The fourth-order valence-corrected chi connectivity index (χ4v) is 1.22. The number of carboxylic acids is 1. The Kier molecular flexibility index (Phi) is 5.93. The first-order valence-electron chi connectivity index (χ1n) is 5.04. The van der Waals surface area contributed by atoms with Gasteiger partial charge in [-0.15, -0.1) is 0 Å². The highest BCUT2D eigenvalue weighted by atomic mass is 16.5. The van der Waals surface area contributed by atoms with Gasteiger partial charge in [-0.2, -0.15) is 0 Å². The van der Waals surface area contributed by atoms with Gasteiger partial charge in [0, 0.05) is 12.6 Å². The second-order valence-corrected chi connectivity index (χ2v) is 3.55. The van der Waals surface area contributed by atoms with Gasteiger partial charge < -0.3 is 14.7 Å². The molecule has 15 heavy (non-hydrogen) atoms. The van der Waals surface area contributed by atoms with Gasteiger partial charge in [-0.1, -0.05) is 0 Å². The third-order valence-electron chi connectivity index (χ3n) is 1.98. The number of carboxylic acid groups (broad SMARTS) is 1. The molecule has 0 aromatic rings.